The molecule has 0 radical (unpaired) electrons. The van der Waals surface area contributed by atoms with E-state index in [1.54, 1.807) is 12.1 Å². The van der Waals surface area contributed by atoms with Crippen LogP contribution in [-0.4, -0.2) is 24.5 Å². The number of hydrogen-bond donors (Lipinski definition) is 2. The first-order chi connectivity index (χ1) is 9.43. The number of carbonyl (C=O) groups is 2. The fraction of sp³-hybridized carbons (Fsp3) is 0.429. The molecule has 1 aromatic rings. The van der Waals surface area contributed by atoms with Crippen LogP contribution in [0.15, 0.2) is 24.3 Å². The van der Waals surface area contributed by atoms with Crippen LogP contribution in [-0.2, 0) is 9.59 Å². The lowest BCUT2D eigenvalue weighted by molar-refractivity contribution is -0.129. The van der Waals surface area contributed by atoms with Gasteiger partial charge >= 0.3 is 0 Å². The molecule has 5 nitrogen and oxygen atoms in total. The number of amides is 2. The molecule has 0 spiro atoms. The Labute approximate surface area is 132 Å². The number of benzene rings is 1. The Bertz CT molecular complexity index is 462. The molecule has 2 amide bonds. The van der Waals surface area contributed by atoms with Crippen LogP contribution in [0.2, 0.25) is 0 Å². The predicted octanol–water partition coefficient (Wildman–Crippen LogP) is 1.69. The zero-order valence-corrected chi connectivity index (χ0v) is 13.7. The third-order valence-corrected chi connectivity index (χ3v) is 3.74. The summed E-state index contributed by atoms with van der Waals surface area (Å²) in [7, 11) is 0. The number of primary amides is 1. The van der Waals surface area contributed by atoms with Gasteiger partial charge in [0, 0.05) is 3.57 Å². The Kier molecular flexibility index (Phi) is 6.77. The fourth-order valence-corrected chi connectivity index (χ4v) is 1.98. The molecule has 110 valence electrons. The summed E-state index contributed by atoms with van der Waals surface area (Å²) in [6.07, 6.45) is 0.756. The molecule has 0 saturated carbocycles. The maximum atomic E-state index is 11.8. The predicted molar refractivity (Wildman–Crippen MR) is 85.2 cm³/mol. The van der Waals surface area contributed by atoms with Crippen LogP contribution in [0.3, 0.4) is 0 Å². The summed E-state index contributed by atoms with van der Waals surface area (Å²) in [5.74, 6) is -0.274. The Hall–Kier alpha value is -1.31. The van der Waals surface area contributed by atoms with E-state index in [2.05, 4.69) is 27.9 Å². The van der Waals surface area contributed by atoms with E-state index >= 15 is 0 Å². The molecule has 1 aromatic carbocycles. The van der Waals surface area contributed by atoms with Crippen molar-refractivity contribution in [3.05, 3.63) is 27.8 Å². The van der Waals surface area contributed by atoms with Gasteiger partial charge < -0.3 is 15.8 Å². The van der Waals surface area contributed by atoms with Gasteiger partial charge in [-0.25, -0.2) is 0 Å². The summed E-state index contributed by atoms with van der Waals surface area (Å²) in [5, 5.41) is 2.61. The van der Waals surface area contributed by atoms with Crippen molar-refractivity contribution >= 4 is 34.4 Å². The molecular formula is C14H19IN2O3. The first-order valence-electron chi connectivity index (χ1n) is 6.41. The van der Waals surface area contributed by atoms with Crippen molar-refractivity contribution in [1.82, 2.24) is 5.32 Å². The molecule has 2 unspecified atom stereocenters. The van der Waals surface area contributed by atoms with E-state index in [4.69, 9.17) is 10.5 Å². The molecule has 0 aromatic heterocycles. The number of carbonyl (C=O) groups excluding carboxylic acids is 2. The van der Waals surface area contributed by atoms with E-state index in [1.807, 2.05) is 26.0 Å². The lowest BCUT2D eigenvalue weighted by atomic mass is 9.99. The third-order valence-electron chi connectivity index (χ3n) is 3.02. The fourth-order valence-electron chi connectivity index (χ4n) is 1.62. The van der Waals surface area contributed by atoms with Crippen LogP contribution in [0.4, 0.5) is 0 Å². The van der Waals surface area contributed by atoms with E-state index in [0.29, 0.717) is 5.75 Å². The minimum absolute atomic E-state index is 0.00486. The second-order valence-corrected chi connectivity index (χ2v) is 5.82. The maximum Gasteiger partial charge on any atom is 0.258 e. The maximum absolute atomic E-state index is 11.8. The average molecular weight is 390 g/mol. The van der Waals surface area contributed by atoms with Gasteiger partial charge in [0.1, 0.15) is 11.8 Å². The van der Waals surface area contributed by atoms with Crippen molar-refractivity contribution in [3.8, 4) is 5.75 Å². The van der Waals surface area contributed by atoms with E-state index in [0.717, 1.165) is 9.99 Å². The molecule has 0 bridgehead atoms. The molecule has 0 fully saturated rings. The summed E-state index contributed by atoms with van der Waals surface area (Å²) in [4.78, 5) is 23.1. The van der Waals surface area contributed by atoms with Gasteiger partial charge in [-0.2, -0.15) is 0 Å². The van der Waals surface area contributed by atoms with E-state index in [-0.39, 0.29) is 18.4 Å². The van der Waals surface area contributed by atoms with Crippen molar-refractivity contribution in [2.75, 3.05) is 6.61 Å². The summed E-state index contributed by atoms with van der Waals surface area (Å²) in [5.41, 5.74) is 5.29. The van der Waals surface area contributed by atoms with Crippen LogP contribution in [0.5, 0.6) is 5.75 Å². The van der Waals surface area contributed by atoms with Gasteiger partial charge in [-0.3, -0.25) is 9.59 Å². The van der Waals surface area contributed by atoms with Gasteiger partial charge in [0.25, 0.3) is 5.91 Å². The summed E-state index contributed by atoms with van der Waals surface area (Å²) in [6.45, 7) is 3.67. The van der Waals surface area contributed by atoms with Gasteiger partial charge in [-0.15, -0.1) is 0 Å². The second kappa shape index (κ2) is 8.08. The topological polar surface area (TPSA) is 81.4 Å². The molecule has 0 saturated heterocycles. The SMILES string of the molecule is CCC(C)C(NC(=O)COc1ccc(I)cc1)C(N)=O. The van der Waals surface area contributed by atoms with Crippen molar-refractivity contribution < 1.29 is 14.3 Å². The number of ether oxygens (including phenoxy) is 1. The normalized spacial score (nSPS) is 13.3. The highest BCUT2D eigenvalue weighted by molar-refractivity contribution is 14.1. The molecule has 0 aliphatic heterocycles. The Balaban J connectivity index is 2.49. The monoisotopic (exact) mass is 390 g/mol. The average Bonchev–Trinajstić information content (AvgIpc) is 2.43. The highest BCUT2D eigenvalue weighted by atomic mass is 127. The minimum atomic E-state index is -0.659. The van der Waals surface area contributed by atoms with Crippen molar-refractivity contribution in [1.29, 1.82) is 0 Å². The van der Waals surface area contributed by atoms with Gasteiger partial charge in [0.2, 0.25) is 5.91 Å². The smallest absolute Gasteiger partial charge is 0.258 e. The molecule has 0 heterocycles. The van der Waals surface area contributed by atoms with Gasteiger partial charge in [0.15, 0.2) is 6.61 Å². The second-order valence-electron chi connectivity index (χ2n) is 4.58. The molecule has 0 aliphatic carbocycles. The quantitative estimate of drug-likeness (QED) is 0.696. The Morgan fingerprint density at radius 2 is 1.95 bits per heavy atom. The molecular weight excluding hydrogens is 371 g/mol. The van der Waals surface area contributed by atoms with Crippen LogP contribution in [0.25, 0.3) is 0 Å². The van der Waals surface area contributed by atoms with Gasteiger partial charge in [0.05, 0.1) is 0 Å². The first kappa shape index (κ1) is 16.7. The van der Waals surface area contributed by atoms with Crippen molar-refractivity contribution in [2.45, 2.75) is 26.3 Å². The Morgan fingerprint density at radius 3 is 2.45 bits per heavy atom. The molecule has 1 rings (SSSR count). The lowest BCUT2D eigenvalue weighted by Crippen LogP contribution is -2.49. The summed E-state index contributed by atoms with van der Waals surface area (Å²) in [6, 6.07) is 6.69. The Morgan fingerprint density at radius 1 is 1.35 bits per heavy atom. The van der Waals surface area contributed by atoms with E-state index in [1.165, 1.54) is 0 Å². The zero-order valence-electron chi connectivity index (χ0n) is 11.6. The highest BCUT2D eigenvalue weighted by Crippen LogP contribution is 2.13. The number of nitrogens with one attached hydrogen (secondary N) is 1. The lowest BCUT2D eigenvalue weighted by Gasteiger charge is -2.21. The van der Waals surface area contributed by atoms with Crippen LogP contribution in [0.1, 0.15) is 20.3 Å². The number of halogens is 1. The zero-order chi connectivity index (χ0) is 15.1. The largest absolute Gasteiger partial charge is 0.484 e. The molecule has 3 N–H and O–H groups in total. The molecule has 6 heteroatoms. The minimum Gasteiger partial charge on any atom is -0.484 e. The van der Waals surface area contributed by atoms with E-state index in [9.17, 15) is 9.59 Å². The molecule has 0 aliphatic rings. The third kappa shape index (κ3) is 5.36. The van der Waals surface area contributed by atoms with Gasteiger partial charge in [-0.05, 0) is 52.8 Å². The van der Waals surface area contributed by atoms with Gasteiger partial charge in [-0.1, -0.05) is 20.3 Å². The van der Waals surface area contributed by atoms with Crippen LogP contribution >= 0.6 is 22.6 Å². The van der Waals surface area contributed by atoms with Crippen molar-refractivity contribution in [3.63, 3.8) is 0 Å². The molecule has 20 heavy (non-hydrogen) atoms. The summed E-state index contributed by atoms with van der Waals surface area (Å²) >= 11 is 2.19. The molecule has 2 atom stereocenters. The van der Waals surface area contributed by atoms with E-state index < -0.39 is 11.9 Å². The van der Waals surface area contributed by atoms with Crippen LogP contribution < -0.4 is 15.8 Å². The van der Waals surface area contributed by atoms with Crippen LogP contribution in [0, 0.1) is 9.49 Å². The van der Waals surface area contributed by atoms with Crippen molar-refractivity contribution in [2.24, 2.45) is 11.7 Å². The summed E-state index contributed by atoms with van der Waals surface area (Å²) < 4.78 is 6.44. The number of nitrogens with two attached hydrogens (primary N) is 1. The standard InChI is InChI=1S/C14H19IN2O3/c1-3-9(2)13(14(16)19)17-12(18)8-20-11-6-4-10(15)5-7-11/h4-7,9,13H,3,8H2,1-2H3,(H2,16,19)(H,17,18). The first-order valence-corrected chi connectivity index (χ1v) is 7.49. The number of rotatable bonds is 7. The highest BCUT2D eigenvalue weighted by Gasteiger charge is 2.23. The number of hydrogen-bond acceptors (Lipinski definition) is 3.